The van der Waals surface area contributed by atoms with E-state index in [9.17, 15) is 9.59 Å². The third kappa shape index (κ3) is 3.26. The van der Waals surface area contributed by atoms with Crippen molar-refractivity contribution in [3.05, 3.63) is 65.4 Å². The highest BCUT2D eigenvalue weighted by Gasteiger charge is 2.15. The number of aryl methyl sites for hydroxylation is 1. The molecular formula is C20H20N2O3. The van der Waals surface area contributed by atoms with E-state index >= 15 is 0 Å². The number of para-hydroxylation sites is 1. The number of methoxy groups -OCH3 is 1. The molecule has 128 valence electrons. The number of amides is 1. The number of ether oxygens (including phenoxy) is 1. The molecule has 25 heavy (non-hydrogen) atoms. The average Bonchev–Trinajstić information content (AvgIpc) is 2.87. The summed E-state index contributed by atoms with van der Waals surface area (Å²) in [6.07, 6.45) is 0.298. The largest absolute Gasteiger partial charge is 0.465 e. The van der Waals surface area contributed by atoms with Crippen LogP contribution in [0.4, 0.5) is 5.69 Å². The molecule has 0 aliphatic rings. The summed E-state index contributed by atoms with van der Waals surface area (Å²) < 4.78 is 6.76. The number of hydrogen-bond donors (Lipinski definition) is 1. The molecule has 0 unspecified atom stereocenters. The molecule has 0 atom stereocenters. The highest BCUT2D eigenvalue weighted by atomic mass is 16.5. The maximum absolute atomic E-state index is 12.5. The predicted octanol–water partition coefficient (Wildman–Crippen LogP) is 3.45. The summed E-state index contributed by atoms with van der Waals surface area (Å²) in [7, 11) is 3.34. The fraction of sp³-hybridized carbons (Fsp3) is 0.200. The van der Waals surface area contributed by atoms with E-state index < -0.39 is 5.97 Å². The smallest absolute Gasteiger partial charge is 0.337 e. The molecular weight excluding hydrogens is 316 g/mol. The summed E-state index contributed by atoms with van der Waals surface area (Å²) in [4.78, 5) is 23.9. The molecule has 0 saturated carbocycles. The van der Waals surface area contributed by atoms with Gasteiger partial charge in [0, 0.05) is 29.3 Å². The monoisotopic (exact) mass is 336 g/mol. The molecule has 2 aromatic carbocycles. The summed E-state index contributed by atoms with van der Waals surface area (Å²) in [6.45, 7) is 2.02. The van der Waals surface area contributed by atoms with E-state index in [0.717, 1.165) is 22.2 Å². The first kappa shape index (κ1) is 16.8. The van der Waals surface area contributed by atoms with Gasteiger partial charge in [0.15, 0.2) is 0 Å². The van der Waals surface area contributed by atoms with Crippen molar-refractivity contribution in [2.75, 3.05) is 12.4 Å². The molecule has 3 aromatic rings. The molecule has 0 spiro atoms. The number of nitrogens with zero attached hydrogens (tertiary/aromatic N) is 1. The van der Waals surface area contributed by atoms with E-state index in [4.69, 9.17) is 0 Å². The van der Waals surface area contributed by atoms with Crippen LogP contribution in [0, 0.1) is 6.92 Å². The minimum atomic E-state index is -0.399. The van der Waals surface area contributed by atoms with Crippen LogP contribution >= 0.6 is 0 Å². The molecule has 0 aliphatic heterocycles. The number of carbonyl (C=O) groups excluding carboxylic acids is 2. The van der Waals surface area contributed by atoms with E-state index in [1.54, 1.807) is 24.3 Å². The van der Waals surface area contributed by atoms with E-state index in [-0.39, 0.29) is 5.91 Å². The summed E-state index contributed by atoms with van der Waals surface area (Å²) in [6, 6.07) is 14.7. The van der Waals surface area contributed by atoms with Gasteiger partial charge in [-0.3, -0.25) is 4.79 Å². The number of benzene rings is 2. The van der Waals surface area contributed by atoms with Gasteiger partial charge < -0.3 is 14.6 Å². The zero-order chi connectivity index (χ0) is 18.0. The van der Waals surface area contributed by atoms with Crippen molar-refractivity contribution in [2.45, 2.75) is 13.3 Å². The van der Waals surface area contributed by atoms with Gasteiger partial charge in [-0.05, 0) is 42.8 Å². The molecule has 0 bridgehead atoms. The molecule has 0 saturated heterocycles. The lowest BCUT2D eigenvalue weighted by molar-refractivity contribution is -0.115. The summed E-state index contributed by atoms with van der Waals surface area (Å²) in [5.41, 5.74) is 4.32. The van der Waals surface area contributed by atoms with Gasteiger partial charge >= 0.3 is 5.97 Å². The van der Waals surface area contributed by atoms with Crippen LogP contribution in [0.15, 0.2) is 48.5 Å². The molecule has 1 amide bonds. The topological polar surface area (TPSA) is 60.3 Å². The second kappa shape index (κ2) is 6.81. The highest BCUT2D eigenvalue weighted by Crippen LogP contribution is 2.25. The first-order chi connectivity index (χ1) is 12.0. The van der Waals surface area contributed by atoms with Crippen LogP contribution in [0.5, 0.6) is 0 Å². The van der Waals surface area contributed by atoms with Crippen molar-refractivity contribution < 1.29 is 14.3 Å². The van der Waals surface area contributed by atoms with Crippen LogP contribution in [0.3, 0.4) is 0 Å². The molecule has 1 aromatic heterocycles. The SMILES string of the molecule is COC(=O)c1ccc(NC(=O)Cc2c(C)n(C)c3ccccc23)cc1. The molecule has 0 aliphatic carbocycles. The second-order valence-corrected chi connectivity index (χ2v) is 5.93. The van der Waals surface area contributed by atoms with Crippen LogP contribution < -0.4 is 5.32 Å². The molecule has 1 N–H and O–H groups in total. The van der Waals surface area contributed by atoms with Gasteiger partial charge in [-0.1, -0.05) is 18.2 Å². The minimum absolute atomic E-state index is 0.0923. The second-order valence-electron chi connectivity index (χ2n) is 5.93. The normalized spacial score (nSPS) is 10.7. The minimum Gasteiger partial charge on any atom is -0.465 e. The Balaban J connectivity index is 1.77. The lowest BCUT2D eigenvalue weighted by atomic mass is 10.1. The Morgan fingerprint density at radius 3 is 2.44 bits per heavy atom. The highest BCUT2D eigenvalue weighted by molar-refractivity contribution is 5.97. The van der Waals surface area contributed by atoms with E-state index in [1.165, 1.54) is 7.11 Å². The van der Waals surface area contributed by atoms with Crippen molar-refractivity contribution >= 4 is 28.5 Å². The van der Waals surface area contributed by atoms with E-state index in [2.05, 4.69) is 20.7 Å². The number of nitrogens with one attached hydrogen (secondary N) is 1. The van der Waals surface area contributed by atoms with Gasteiger partial charge in [0.05, 0.1) is 19.1 Å². The molecule has 1 heterocycles. The number of aromatic nitrogens is 1. The van der Waals surface area contributed by atoms with Crippen molar-refractivity contribution in [1.29, 1.82) is 0 Å². The number of fused-ring (bicyclic) bond motifs is 1. The predicted molar refractivity (Wildman–Crippen MR) is 97.8 cm³/mol. The van der Waals surface area contributed by atoms with Crippen LogP contribution in [-0.4, -0.2) is 23.6 Å². The van der Waals surface area contributed by atoms with Crippen molar-refractivity contribution in [3.63, 3.8) is 0 Å². The molecule has 0 radical (unpaired) electrons. The van der Waals surface area contributed by atoms with Crippen molar-refractivity contribution in [2.24, 2.45) is 7.05 Å². The maximum atomic E-state index is 12.5. The first-order valence-electron chi connectivity index (χ1n) is 8.02. The van der Waals surface area contributed by atoms with Crippen LogP contribution in [0.25, 0.3) is 10.9 Å². The fourth-order valence-electron chi connectivity index (χ4n) is 3.00. The lowest BCUT2D eigenvalue weighted by Crippen LogP contribution is -2.15. The Labute approximate surface area is 146 Å². The van der Waals surface area contributed by atoms with Crippen LogP contribution in [0.1, 0.15) is 21.6 Å². The number of carbonyl (C=O) groups is 2. The van der Waals surface area contributed by atoms with Crippen LogP contribution in [0.2, 0.25) is 0 Å². The van der Waals surface area contributed by atoms with Gasteiger partial charge in [-0.2, -0.15) is 0 Å². The number of esters is 1. The fourth-order valence-corrected chi connectivity index (χ4v) is 3.00. The van der Waals surface area contributed by atoms with Crippen molar-refractivity contribution in [1.82, 2.24) is 4.57 Å². The van der Waals surface area contributed by atoms with Crippen molar-refractivity contribution in [3.8, 4) is 0 Å². The Morgan fingerprint density at radius 1 is 1.08 bits per heavy atom. The Hall–Kier alpha value is -3.08. The zero-order valence-electron chi connectivity index (χ0n) is 14.5. The quantitative estimate of drug-likeness (QED) is 0.742. The third-order valence-electron chi connectivity index (χ3n) is 4.46. The Kier molecular flexibility index (Phi) is 4.57. The Bertz CT molecular complexity index is 939. The number of anilines is 1. The number of hydrogen-bond acceptors (Lipinski definition) is 3. The average molecular weight is 336 g/mol. The lowest BCUT2D eigenvalue weighted by Gasteiger charge is -2.07. The maximum Gasteiger partial charge on any atom is 0.337 e. The summed E-state index contributed by atoms with van der Waals surface area (Å²) >= 11 is 0. The zero-order valence-corrected chi connectivity index (χ0v) is 14.5. The van der Waals surface area contributed by atoms with Gasteiger partial charge in [0.25, 0.3) is 0 Å². The molecule has 0 fully saturated rings. The third-order valence-corrected chi connectivity index (χ3v) is 4.46. The van der Waals surface area contributed by atoms with Gasteiger partial charge in [-0.15, -0.1) is 0 Å². The molecule has 5 nitrogen and oxygen atoms in total. The van der Waals surface area contributed by atoms with Gasteiger partial charge in [0.1, 0.15) is 0 Å². The first-order valence-corrected chi connectivity index (χ1v) is 8.02. The van der Waals surface area contributed by atoms with Gasteiger partial charge in [0.2, 0.25) is 5.91 Å². The molecule has 3 rings (SSSR count). The summed E-state index contributed by atoms with van der Waals surface area (Å²) in [5.74, 6) is -0.491. The van der Waals surface area contributed by atoms with E-state index in [0.29, 0.717) is 17.7 Å². The standard InChI is InChI=1S/C20H20N2O3/c1-13-17(16-6-4-5-7-18(16)22(13)2)12-19(23)21-15-10-8-14(9-11-15)20(24)25-3/h4-11H,12H2,1-3H3,(H,21,23). The number of rotatable bonds is 4. The molecule has 5 heteroatoms. The van der Waals surface area contributed by atoms with Crippen LogP contribution in [-0.2, 0) is 23.0 Å². The Morgan fingerprint density at radius 2 is 1.76 bits per heavy atom. The van der Waals surface area contributed by atoms with Gasteiger partial charge in [-0.25, -0.2) is 4.79 Å². The van der Waals surface area contributed by atoms with E-state index in [1.807, 2.05) is 32.2 Å². The summed E-state index contributed by atoms with van der Waals surface area (Å²) in [5, 5.41) is 3.97.